The van der Waals surface area contributed by atoms with E-state index in [9.17, 15) is 5.11 Å². The number of rotatable bonds is 1. The van der Waals surface area contributed by atoms with Crippen LogP contribution in [0.5, 0.6) is 0 Å². The molecule has 0 amide bonds. The Morgan fingerprint density at radius 2 is 1.64 bits per heavy atom. The summed E-state index contributed by atoms with van der Waals surface area (Å²) in [5.41, 5.74) is 0.475. The molecule has 0 aromatic rings. The maximum absolute atomic E-state index is 11.2. The zero-order valence-corrected chi connectivity index (χ0v) is 15.0. The summed E-state index contributed by atoms with van der Waals surface area (Å²) in [6.45, 7) is 7.30. The first kappa shape index (κ1) is 15.5. The van der Waals surface area contributed by atoms with Crippen molar-refractivity contribution in [3.05, 3.63) is 0 Å². The third-order valence-electron chi connectivity index (χ3n) is 9.49. The van der Waals surface area contributed by atoms with Gasteiger partial charge in [0.05, 0.1) is 5.60 Å². The minimum absolute atomic E-state index is 0.209. The van der Waals surface area contributed by atoms with Crippen LogP contribution in [0, 0.1) is 34.5 Å². The topological polar surface area (TPSA) is 20.2 Å². The van der Waals surface area contributed by atoms with Crippen molar-refractivity contribution in [1.29, 1.82) is 0 Å². The zero-order chi connectivity index (χ0) is 15.6. The highest BCUT2D eigenvalue weighted by Gasteiger charge is 2.63. The minimum atomic E-state index is -0.368. The minimum Gasteiger partial charge on any atom is -0.389 e. The lowest BCUT2D eigenvalue weighted by Crippen LogP contribution is -2.56. The molecule has 1 heteroatoms. The summed E-state index contributed by atoms with van der Waals surface area (Å²) in [7, 11) is 0. The van der Waals surface area contributed by atoms with Crippen LogP contribution in [-0.4, -0.2) is 10.7 Å². The first-order valence-electron chi connectivity index (χ1n) is 10.2. The molecule has 0 saturated heterocycles. The van der Waals surface area contributed by atoms with Crippen LogP contribution in [-0.2, 0) is 0 Å². The highest BCUT2D eigenvalue weighted by molar-refractivity contribution is 5.13. The van der Waals surface area contributed by atoms with Crippen molar-refractivity contribution in [3.8, 4) is 0 Å². The molecule has 1 nitrogen and oxygen atoms in total. The first-order valence-corrected chi connectivity index (χ1v) is 10.2. The van der Waals surface area contributed by atoms with E-state index < -0.39 is 0 Å². The molecule has 2 unspecified atom stereocenters. The fourth-order valence-corrected chi connectivity index (χ4v) is 7.99. The average molecular weight is 305 g/mol. The highest BCUT2D eigenvalue weighted by atomic mass is 16.3. The molecule has 4 saturated carbocycles. The van der Waals surface area contributed by atoms with Crippen LogP contribution in [0.3, 0.4) is 0 Å². The Labute approximate surface area is 137 Å². The van der Waals surface area contributed by atoms with Gasteiger partial charge in [0.15, 0.2) is 0 Å². The fourth-order valence-electron chi connectivity index (χ4n) is 7.99. The van der Waals surface area contributed by atoms with Crippen LogP contribution in [0.4, 0.5) is 0 Å². The third-order valence-corrected chi connectivity index (χ3v) is 9.49. The van der Waals surface area contributed by atoms with E-state index >= 15 is 0 Å². The first-order chi connectivity index (χ1) is 10.4. The molecular weight excluding hydrogens is 268 g/mol. The van der Waals surface area contributed by atoms with E-state index in [0.29, 0.717) is 5.41 Å². The van der Waals surface area contributed by atoms with E-state index in [2.05, 4.69) is 20.8 Å². The molecule has 0 spiro atoms. The average Bonchev–Trinajstić information content (AvgIpc) is 2.79. The van der Waals surface area contributed by atoms with Gasteiger partial charge >= 0.3 is 0 Å². The summed E-state index contributed by atoms with van der Waals surface area (Å²) in [5, 5.41) is 11.2. The SMILES string of the molecule is CCC1(O)CC[C@H]2[C@@H]3CCC4CCCC[C@]4(C)[C@@H]3CC[C@@]21C. The van der Waals surface area contributed by atoms with Gasteiger partial charge in [-0.1, -0.05) is 33.6 Å². The van der Waals surface area contributed by atoms with Gasteiger partial charge in [-0.3, -0.25) is 0 Å². The molecule has 4 aliphatic carbocycles. The molecule has 4 aliphatic rings. The molecule has 126 valence electrons. The Bertz CT molecular complexity index is 443. The molecule has 0 aromatic heterocycles. The van der Waals surface area contributed by atoms with E-state index in [1.807, 2.05) is 0 Å². The predicted molar refractivity (Wildman–Crippen MR) is 91.6 cm³/mol. The summed E-state index contributed by atoms with van der Waals surface area (Å²) >= 11 is 0. The Morgan fingerprint density at radius 3 is 2.41 bits per heavy atom. The van der Waals surface area contributed by atoms with Crippen molar-refractivity contribution in [1.82, 2.24) is 0 Å². The summed E-state index contributed by atoms with van der Waals surface area (Å²) < 4.78 is 0. The maximum atomic E-state index is 11.2. The molecular formula is C21H36O. The van der Waals surface area contributed by atoms with Crippen molar-refractivity contribution in [2.24, 2.45) is 34.5 Å². The van der Waals surface area contributed by atoms with Crippen LogP contribution in [0.1, 0.15) is 91.4 Å². The monoisotopic (exact) mass is 304 g/mol. The standard InChI is InChI=1S/C21H36O/c1-4-21(22)14-11-18-16-9-8-15-7-5-6-12-19(15,2)17(16)10-13-20(18,21)3/h15-18,22H,4-14H2,1-3H3/t15?,16-,17-,18+,19+,20+,21?/m1/s1. The second-order valence-corrected chi connectivity index (χ2v) is 9.78. The number of aliphatic hydroxyl groups is 1. The van der Waals surface area contributed by atoms with Crippen molar-refractivity contribution in [3.63, 3.8) is 0 Å². The Balaban J connectivity index is 1.65. The summed E-state index contributed by atoms with van der Waals surface area (Å²) in [4.78, 5) is 0. The zero-order valence-electron chi connectivity index (χ0n) is 15.0. The van der Waals surface area contributed by atoms with Crippen LogP contribution in [0.15, 0.2) is 0 Å². The maximum Gasteiger partial charge on any atom is 0.0701 e. The molecule has 4 rings (SSSR count). The number of fused-ring (bicyclic) bond motifs is 5. The smallest absolute Gasteiger partial charge is 0.0701 e. The van der Waals surface area contributed by atoms with E-state index in [1.165, 1.54) is 57.8 Å². The quantitative estimate of drug-likeness (QED) is 0.672. The largest absolute Gasteiger partial charge is 0.389 e. The van der Waals surface area contributed by atoms with Crippen molar-refractivity contribution < 1.29 is 5.11 Å². The predicted octanol–water partition coefficient (Wildman–Crippen LogP) is 5.56. The van der Waals surface area contributed by atoms with Gasteiger partial charge in [-0.05, 0) is 92.3 Å². The van der Waals surface area contributed by atoms with E-state index in [1.54, 1.807) is 0 Å². The Morgan fingerprint density at radius 1 is 0.864 bits per heavy atom. The van der Waals surface area contributed by atoms with E-state index in [0.717, 1.165) is 36.5 Å². The van der Waals surface area contributed by atoms with Gasteiger partial charge in [-0.25, -0.2) is 0 Å². The van der Waals surface area contributed by atoms with Crippen LogP contribution in [0.2, 0.25) is 0 Å². The highest BCUT2D eigenvalue weighted by Crippen LogP contribution is 2.68. The van der Waals surface area contributed by atoms with E-state index in [-0.39, 0.29) is 11.0 Å². The summed E-state index contributed by atoms with van der Waals surface area (Å²) in [5.74, 6) is 3.69. The van der Waals surface area contributed by atoms with E-state index in [4.69, 9.17) is 0 Å². The molecule has 1 N–H and O–H groups in total. The van der Waals surface area contributed by atoms with Crippen molar-refractivity contribution >= 4 is 0 Å². The lowest BCUT2D eigenvalue weighted by Gasteiger charge is -2.61. The molecule has 0 bridgehead atoms. The van der Waals surface area contributed by atoms with Gasteiger partial charge < -0.3 is 5.11 Å². The fraction of sp³-hybridized carbons (Fsp3) is 1.00. The molecule has 0 heterocycles. The summed E-state index contributed by atoms with van der Waals surface area (Å²) in [6, 6.07) is 0. The molecule has 22 heavy (non-hydrogen) atoms. The van der Waals surface area contributed by atoms with Gasteiger partial charge in [-0.2, -0.15) is 0 Å². The van der Waals surface area contributed by atoms with Crippen molar-refractivity contribution in [2.75, 3.05) is 0 Å². The second kappa shape index (κ2) is 4.98. The molecule has 0 aromatic carbocycles. The van der Waals surface area contributed by atoms with Gasteiger partial charge in [-0.15, -0.1) is 0 Å². The molecule has 0 aliphatic heterocycles. The van der Waals surface area contributed by atoms with Crippen molar-refractivity contribution in [2.45, 2.75) is 97.0 Å². The van der Waals surface area contributed by atoms with Crippen LogP contribution < -0.4 is 0 Å². The second-order valence-electron chi connectivity index (χ2n) is 9.78. The molecule has 4 fully saturated rings. The third kappa shape index (κ3) is 1.81. The molecule has 7 atom stereocenters. The van der Waals surface area contributed by atoms with Crippen LogP contribution >= 0.6 is 0 Å². The molecule has 0 radical (unpaired) electrons. The van der Waals surface area contributed by atoms with Gasteiger partial charge in [0.2, 0.25) is 0 Å². The lowest BCUT2D eigenvalue weighted by atomic mass is 9.44. The van der Waals surface area contributed by atoms with Gasteiger partial charge in [0.25, 0.3) is 0 Å². The van der Waals surface area contributed by atoms with Gasteiger partial charge in [0.1, 0.15) is 0 Å². The normalized spacial score (nSPS) is 57.8. The Hall–Kier alpha value is -0.0400. The Kier molecular flexibility index (Phi) is 3.50. The lowest BCUT2D eigenvalue weighted by molar-refractivity contribution is -0.152. The number of hydrogen-bond donors (Lipinski definition) is 1. The van der Waals surface area contributed by atoms with Crippen LogP contribution in [0.25, 0.3) is 0 Å². The van der Waals surface area contributed by atoms with Gasteiger partial charge in [0, 0.05) is 0 Å². The summed E-state index contributed by atoms with van der Waals surface area (Å²) in [6.07, 6.45) is 14.9. The number of hydrogen-bond acceptors (Lipinski definition) is 1.